The van der Waals surface area contributed by atoms with Gasteiger partial charge in [0.25, 0.3) is 0 Å². The molecule has 0 amide bonds. The third-order valence-corrected chi connectivity index (χ3v) is 4.86. The molecule has 8 heteroatoms. The number of likely N-dealkylation sites (N-methyl/N-ethyl adjacent to an activating group) is 1. The Hall–Kier alpha value is -2.35. The fourth-order valence-corrected chi connectivity index (χ4v) is 3.48. The number of hydrogen-bond acceptors (Lipinski definition) is 4. The molecular weight excluding hydrogens is 347 g/mol. The molecule has 0 aliphatic carbocycles. The van der Waals surface area contributed by atoms with E-state index in [-0.39, 0.29) is 12.6 Å². The van der Waals surface area contributed by atoms with Gasteiger partial charge < -0.3 is 10.0 Å². The summed E-state index contributed by atoms with van der Waals surface area (Å²) in [5.41, 5.74) is 0.481. The molecular formula is C18H20F3N3O2. The van der Waals surface area contributed by atoms with Crippen LogP contribution in [0.4, 0.5) is 18.9 Å². The average Bonchev–Trinajstić information content (AvgIpc) is 2.59. The highest BCUT2D eigenvalue weighted by Gasteiger charge is 2.31. The van der Waals surface area contributed by atoms with Crippen LogP contribution in [-0.2, 0) is 11.0 Å². The van der Waals surface area contributed by atoms with E-state index in [1.165, 1.54) is 12.3 Å². The van der Waals surface area contributed by atoms with Crippen LogP contribution in [0, 0.1) is 0 Å². The molecule has 1 saturated heterocycles. The van der Waals surface area contributed by atoms with Gasteiger partial charge in [-0.2, -0.15) is 13.2 Å². The summed E-state index contributed by atoms with van der Waals surface area (Å²) in [6.07, 6.45) is -1.26. The Morgan fingerprint density at radius 2 is 2.00 bits per heavy atom. The topological polar surface area (TPSA) is 56.7 Å². The first-order valence-corrected chi connectivity index (χ1v) is 8.38. The van der Waals surface area contributed by atoms with Crippen molar-refractivity contribution >= 4 is 22.6 Å². The van der Waals surface area contributed by atoms with Crippen LogP contribution in [-0.4, -0.2) is 53.7 Å². The highest BCUT2D eigenvalue weighted by molar-refractivity contribution is 5.92. The van der Waals surface area contributed by atoms with Crippen molar-refractivity contribution in [2.24, 2.45) is 0 Å². The minimum atomic E-state index is -4.39. The number of carboxylic acid groups (broad SMARTS) is 1. The maximum Gasteiger partial charge on any atom is 0.416 e. The molecule has 1 aliphatic heterocycles. The average molecular weight is 367 g/mol. The zero-order chi connectivity index (χ0) is 18.9. The normalized spacial score (nSPS) is 16.4. The van der Waals surface area contributed by atoms with Crippen molar-refractivity contribution in [2.45, 2.75) is 25.1 Å². The predicted molar refractivity (Wildman–Crippen MR) is 92.2 cm³/mol. The SMILES string of the molecule is CN(CC(=O)O)C1CCN(c2ccnc3cc(C(F)(F)F)ccc23)CC1. The van der Waals surface area contributed by atoms with Crippen molar-refractivity contribution < 1.29 is 23.1 Å². The number of fused-ring (bicyclic) bond motifs is 1. The zero-order valence-corrected chi connectivity index (χ0v) is 14.3. The molecule has 5 nitrogen and oxygen atoms in total. The molecule has 0 radical (unpaired) electrons. The van der Waals surface area contributed by atoms with Crippen LogP contribution in [0.1, 0.15) is 18.4 Å². The Morgan fingerprint density at radius 1 is 1.31 bits per heavy atom. The van der Waals surface area contributed by atoms with E-state index >= 15 is 0 Å². The van der Waals surface area contributed by atoms with Crippen molar-refractivity contribution in [2.75, 3.05) is 31.6 Å². The van der Waals surface area contributed by atoms with Crippen LogP contribution in [0.3, 0.4) is 0 Å². The second-order valence-corrected chi connectivity index (χ2v) is 6.59. The maximum absolute atomic E-state index is 12.9. The number of pyridine rings is 1. The molecule has 0 atom stereocenters. The number of alkyl halides is 3. The molecule has 0 spiro atoms. The number of halogens is 3. The molecule has 1 N–H and O–H groups in total. The number of benzene rings is 1. The third-order valence-electron chi connectivity index (χ3n) is 4.86. The lowest BCUT2D eigenvalue weighted by molar-refractivity contribution is -0.139. The monoisotopic (exact) mass is 367 g/mol. The number of anilines is 1. The summed E-state index contributed by atoms with van der Waals surface area (Å²) >= 11 is 0. The Labute approximate surface area is 149 Å². The maximum atomic E-state index is 12.9. The summed E-state index contributed by atoms with van der Waals surface area (Å²) in [7, 11) is 1.80. The van der Waals surface area contributed by atoms with Gasteiger partial charge >= 0.3 is 12.1 Å². The van der Waals surface area contributed by atoms with Gasteiger partial charge in [0.2, 0.25) is 0 Å². The van der Waals surface area contributed by atoms with Gasteiger partial charge in [0, 0.05) is 36.4 Å². The van der Waals surface area contributed by atoms with Crippen molar-refractivity contribution in [1.82, 2.24) is 9.88 Å². The van der Waals surface area contributed by atoms with Gasteiger partial charge in [-0.25, -0.2) is 0 Å². The van der Waals surface area contributed by atoms with Crippen molar-refractivity contribution in [3.05, 3.63) is 36.0 Å². The Balaban J connectivity index is 1.78. The number of nitrogens with zero attached hydrogens (tertiary/aromatic N) is 3. The van der Waals surface area contributed by atoms with Crippen LogP contribution < -0.4 is 4.90 Å². The lowest BCUT2D eigenvalue weighted by Gasteiger charge is -2.37. The van der Waals surface area contributed by atoms with Gasteiger partial charge in [0.15, 0.2) is 0 Å². The van der Waals surface area contributed by atoms with Crippen molar-refractivity contribution in [1.29, 1.82) is 0 Å². The second kappa shape index (κ2) is 7.11. The molecule has 1 aromatic heterocycles. The van der Waals surface area contributed by atoms with Crippen molar-refractivity contribution in [3.63, 3.8) is 0 Å². The Bertz CT molecular complexity index is 802. The largest absolute Gasteiger partial charge is 0.480 e. The molecule has 2 heterocycles. The number of aromatic nitrogens is 1. The minimum Gasteiger partial charge on any atom is -0.480 e. The number of hydrogen-bond donors (Lipinski definition) is 1. The summed E-state index contributed by atoms with van der Waals surface area (Å²) in [6.45, 7) is 1.44. The van der Waals surface area contributed by atoms with E-state index in [0.29, 0.717) is 10.9 Å². The van der Waals surface area contributed by atoms with E-state index in [0.717, 1.165) is 43.8 Å². The standard InChI is InChI=1S/C18H20F3N3O2/c1-23(11-17(25)26)13-5-8-24(9-6-13)16-4-7-22-15-10-12(18(19,20)21)2-3-14(15)16/h2-4,7,10,13H,5-6,8-9,11H2,1H3,(H,25,26). The first-order valence-electron chi connectivity index (χ1n) is 8.38. The molecule has 1 fully saturated rings. The lowest BCUT2D eigenvalue weighted by Crippen LogP contribution is -2.45. The Kier molecular flexibility index (Phi) is 5.04. The molecule has 140 valence electrons. The van der Waals surface area contributed by atoms with E-state index in [1.807, 2.05) is 11.0 Å². The first-order chi connectivity index (χ1) is 12.3. The predicted octanol–water partition coefficient (Wildman–Crippen LogP) is 3.24. The van der Waals surface area contributed by atoms with Crippen LogP contribution in [0.15, 0.2) is 30.5 Å². The van der Waals surface area contributed by atoms with Crippen LogP contribution >= 0.6 is 0 Å². The third kappa shape index (κ3) is 3.90. The minimum absolute atomic E-state index is 0.00305. The number of carboxylic acids is 1. The zero-order valence-electron chi connectivity index (χ0n) is 14.3. The van der Waals surface area contributed by atoms with Gasteiger partial charge in [-0.05, 0) is 38.1 Å². The molecule has 2 aromatic rings. The highest BCUT2D eigenvalue weighted by Crippen LogP contribution is 2.34. The van der Waals surface area contributed by atoms with E-state index < -0.39 is 17.7 Å². The quantitative estimate of drug-likeness (QED) is 0.899. The fraction of sp³-hybridized carbons (Fsp3) is 0.444. The number of aliphatic carboxylic acids is 1. The summed E-state index contributed by atoms with van der Waals surface area (Å²) in [5, 5.41) is 9.60. The van der Waals surface area contributed by atoms with Crippen LogP contribution in [0.5, 0.6) is 0 Å². The van der Waals surface area contributed by atoms with Crippen LogP contribution in [0.25, 0.3) is 10.9 Å². The second-order valence-electron chi connectivity index (χ2n) is 6.59. The van der Waals surface area contributed by atoms with Gasteiger partial charge in [0.1, 0.15) is 0 Å². The van der Waals surface area contributed by atoms with Gasteiger partial charge in [0.05, 0.1) is 17.6 Å². The summed E-state index contributed by atoms with van der Waals surface area (Å²) in [5.74, 6) is -0.851. The molecule has 3 rings (SSSR count). The van der Waals surface area contributed by atoms with Gasteiger partial charge in [-0.15, -0.1) is 0 Å². The van der Waals surface area contributed by atoms with Crippen LogP contribution in [0.2, 0.25) is 0 Å². The summed E-state index contributed by atoms with van der Waals surface area (Å²) in [6, 6.07) is 5.64. The summed E-state index contributed by atoms with van der Waals surface area (Å²) in [4.78, 5) is 18.9. The van der Waals surface area contributed by atoms with E-state index in [9.17, 15) is 18.0 Å². The van der Waals surface area contributed by atoms with E-state index in [1.54, 1.807) is 7.05 Å². The molecule has 0 saturated carbocycles. The molecule has 26 heavy (non-hydrogen) atoms. The number of rotatable bonds is 4. The molecule has 0 bridgehead atoms. The molecule has 1 aliphatic rings. The van der Waals surface area contributed by atoms with Crippen molar-refractivity contribution in [3.8, 4) is 0 Å². The highest BCUT2D eigenvalue weighted by atomic mass is 19.4. The smallest absolute Gasteiger partial charge is 0.416 e. The molecule has 0 unspecified atom stereocenters. The fourth-order valence-electron chi connectivity index (χ4n) is 3.48. The summed E-state index contributed by atoms with van der Waals surface area (Å²) < 4.78 is 38.7. The first kappa shape index (κ1) is 18.4. The van der Waals surface area contributed by atoms with E-state index in [4.69, 9.17) is 5.11 Å². The van der Waals surface area contributed by atoms with E-state index in [2.05, 4.69) is 9.88 Å². The molecule has 1 aromatic carbocycles. The number of carbonyl (C=O) groups is 1. The Morgan fingerprint density at radius 3 is 2.62 bits per heavy atom. The van der Waals surface area contributed by atoms with Gasteiger partial charge in [-0.1, -0.05) is 6.07 Å². The lowest BCUT2D eigenvalue weighted by atomic mass is 10.0. The van der Waals surface area contributed by atoms with Gasteiger partial charge in [-0.3, -0.25) is 14.7 Å². The number of piperidine rings is 1.